The lowest BCUT2D eigenvalue weighted by molar-refractivity contribution is 0.00451. The molecule has 0 bridgehead atoms. The molecular formula is C12H18Cl2N2O3S. The van der Waals surface area contributed by atoms with Gasteiger partial charge in [-0.3, -0.25) is 0 Å². The Morgan fingerprint density at radius 1 is 1.50 bits per heavy atom. The second-order valence-corrected chi connectivity index (χ2v) is 6.84. The Balaban J connectivity index is 0.00000200. The zero-order valence-electron chi connectivity index (χ0n) is 11.1. The van der Waals surface area contributed by atoms with E-state index in [1.165, 1.54) is 4.31 Å². The molecule has 1 aliphatic rings. The third kappa shape index (κ3) is 3.63. The molecule has 1 aliphatic heterocycles. The monoisotopic (exact) mass is 340 g/mol. The summed E-state index contributed by atoms with van der Waals surface area (Å²) in [5.74, 6) is 0. The minimum Gasteiger partial charge on any atom is -0.374 e. The summed E-state index contributed by atoms with van der Waals surface area (Å²) in [5.41, 5.74) is 6.45. The molecule has 1 atom stereocenters. The van der Waals surface area contributed by atoms with Gasteiger partial charge in [-0.1, -0.05) is 17.7 Å². The number of rotatable bonds is 3. The van der Waals surface area contributed by atoms with Crippen LogP contribution in [0.15, 0.2) is 23.1 Å². The van der Waals surface area contributed by atoms with Crippen molar-refractivity contribution in [1.29, 1.82) is 0 Å². The van der Waals surface area contributed by atoms with E-state index >= 15 is 0 Å². The fourth-order valence-corrected chi connectivity index (χ4v) is 4.04. The minimum atomic E-state index is -3.59. The molecular weight excluding hydrogens is 323 g/mol. The molecule has 1 fully saturated rings. The van der Waals surface area contributed by atoms with Crippen LogP contribution in [0.4, 0.5) is 0 Å². The Hall–Kier alpha value is -0.370. The molecule has 20 heavy (non-hydrogen) atoms. The lowest BCUT2D eigenvalue weighted by Gasteiger charge is -2.31. The molecule has 0 aliphatic carbocycles. The minimum absolute atomic E-state index is 0. The third-order valence-corrected chi connectivity index (χ3v) is 5.42. The van der Waals surface area contributed by atoms with Gasteiger partial charge in [0.15, 0.2) is 0 Å². The summed E-state index contributed by atoms with van der Waals surface area (Å²) >= 11 is 6.04. The van der Waals surface area contributed by atoms with Gasteiger partial charge in [0.05, 0.1) is 17.7 Å². The number of hydrogen-bond acceptors (Lipinski definition) is 4. The van der Waals surface area contributed by atoms with Crippen LogP contribution in [0.25, 0.3) is 0 Å². The molecule has 2 rings (SSSR count). The first-order chi connectivity index (χ1) is 8.95. The summed E-state index contributed by atoms with van der Waals surface area (Å²) in [4.78, 5) is 0.137. The van der Waals surface area contributed by atoms with Crippen molar-refractivity contribution < 1.29 is 13.2 Å². The molecule has 0 radical (unpaired) electrons. The van der Waals surface area contributed by atoms with Crippen molar-refractivity contribution in [2.75, 3.05) is 26.2 Å². The van der Waals surface area contributed by atoms with Gasteiger partial charge in [0.2, 0.25) is 10.0 Å². The maximum Gasteiger partial charge on any atom is 0.244 e. The van der Waals surface area contributed by atoms with E-state index in [4.69, 9.17) is 22.1 Å². The van der Waals surface area contributed by atoms with Gasteiger partial charge in [0, 0.05) is 19.6 Å². The van der Waals surface area contributed by atoms with Gasteiger partial charge < -0.3 is 10.5 Å². The highest BCUT2D eigenvalue weighted by atomic mass is 35.5. The number of aryl methyl sites for hydroxylation is 1. The Bertz CT molecular complexity index is 566. The molecule has 0 aromatic heterocycles. The Morgan fingerprint density at radius 3 is 2.80 bits per heavy atom. The number of halogens is 2. The zero-order chi connectivity index (χ0) is 14.0. The van der Waals surface area contributed by atoms with E-state index in [0.717, 1.165) is 5.56 Å². The molecule has 1 saturated heterocycles. The first-order valence-corrected chi connectivity index (χ1v) is 7.85. The van der Waals surface area contributed by atoms with Crippen LogP contribution in [0.2, 0.25) is 5.02 Å². The number of benzene rings is 1. The molecule has 0 saturated carbocycles. The highest BCUT2D eigenvalue weighted by molar-refractivity contribution is 7.89. The fraction of sp³-hybridized carbons (Fsp3) is 0.500. The maximum atomic E-state index is 12.5. The summed E-state index contributed by atoms with van der Waals surface area (Å²) in [6, 6.07) is 4.93. The lowest BCUT2D eigenvalue weighted by Crippen LogP contribution is -2.48. The maximum absolute atomic E-state index is 12.5. The van der Waals surface area contributed by atoms with Crippen LogP contribution < -0.4 is 5.73 Å². The van der Waals surface area contributed by atoms with Gasteiger partial charge in [-0.25, -0.2) is 8.42 Å². The van der Waals surface area contributed by atoms with Gasteiger partial charge in [0.1, 0.15) is 4.90 Å². The molecule has 114 valence electrons. The van der Waals surface area contributed by atoms with Crippen molar-refractivity contribution in [3.63, 3.8) is 0 Å². The Labute approximate surface area is 130 Å². The van der Waals surface area contributed by atoms with E-state index in [1.54, 1.807) is 18.2 Å². The number of sulfonamides is 1. The van der Waals surface area contributed by atoms with Crippen LogP contribution in [0, 0.1) is 6.92 Å². The third-order valence-electron chi connectivity index (χ3n) is 3.07. The summed E-state index contributed by atoms with van der Waals surface area (Å²) < 4.78 is 31.8. The van der Waals surface area contributed by atoms with Gasteiger partial charge in [0.25, 0.3) is 0 Å². The molecule has 0 amide bonds. The molecule has 0 spiro atoms. The van der Waals surface area contributed by atoms with Crippen molar-refractivity contribution in [2.24, 2.45) is 5.73 Å². The van der Waals surface area contributed by atoms with Gasteiger partial charge in [-0.2, -0.15) is 4.31 Å². The van der Waals surface area contributed by atoms with E-state index in [0.29, 0.717) is 19.7 Å². The fourth-order valence-electron chi connectivity index (χ4n) is 2.01. The number of ether oxygens (including phenoxy) is 1. The molecule has 2 N–H and O–H groups in total. The number of nitrogens with two attached hydrogens (primary N) is 1. The topological polar surface area (TPSA) is 72.6 Å². The van der Waals surface area contributed by atoms with E-state index in [9.17, 15) is 8.42 Å². The van der Waals surface area contributed by atoms with Gasteiger partial charge in [-0.15, -0.1) is 12.4 Å². The molecule has 1 aromatic rings. The smallest absolute Gasteiger partial charge is 0.244 e. The van der Waals surface area contributed by atoms with Gasteiger partial charge >= 0.3 is 0 Å². The first kappa shape index (κ1) is 17.7. The molecule has 8 heteroatoms. The number of hydrogen-bond donors (Lipinski definition) is 1. The predicted molar refractivity (Wildman–Crippen MR) is 81.0 cm³/mol. The lowest BCUT2D eigenvalue weighted by atomic mass is 10.2. The number of nitrogens with zero attached hydrogens (tertiary/aromatic N) is 1. The average molecular weight is 341 g/mol. The van der Waals surface area contributed by atoms with E-state index in [1.807, 2.05) is 6.92 Å². The molecule has 1 unspecified atom stereocenters. The van der Waals surface area contributed by atoms with E-state index in [2.05, 4.69) is 0 Å². The Kier molecular flexibility index (Phi) is 6.25. The average Bonchev–Trinajstić information content (AvgIpc) is 2.38. The van der Waals surface area contributed by atoms with Crippen molar-refractivity contribution in [3.8, 4) is 0 Å². The molecule has 1 heterocycles. The molecule has 1 aromatic carbocycles. The van der Waals surface area contributed by atoms with Crippen LogP contribution in [0.3, 0.4) is 0 Å². The van der Waals surface area contributed by atoms with E-state index in [-0.39, 0.29) is 35.0 Å². The summed E-state index contributed by atoms with van der Waals surface area (Å²) in [6.45, 7) is 3.10. The van der Waals surface area contributed by atoms with Crippen LogP contribution >= 0.6 is 24.0 Å². The van der Waals surface area contributed by atoms with Crippen LogP contribution in [0.1, 0.15) is 5.56 Å². The largest absolute Gasteiger partial charge is 0.374 e. The highest BCUT2D eigenvalue weighted by Gasteiger charge is 2.31. The molecule has 5 nitrogen and oxygen atoms in total. The Morgan fingerprint density at radius 2 is 2.20 bits per heavy atom. The summed E-state index contributed by atoms with van der Waals surface area (Å²) in [5, 5.41) is 0.246. The number of morpholine rings is 1. The highest BCUT2D eigenvalue weighted by Crippen LogP contribution is 2.26. The standard InChI is InChI=1S/C12H17ClN2O3S.ClH/c1-9-2-3-12(11(13)6-9)19(16,17)15-4-5-18-10(7-14)8-15;/h2-3,6,10H,4-5,7-8,14H2,1H3;1H. The van der Waals surface area contributed by atoms with Crippen LogP contribution in [0.5, 0.6) is 0 Å². The predicted octanol–water partition coefficient (Wildman–Crippen LogP) is 1.42. The normalized spacial score (nSPS) is 20.4. The van der Waals surface area contributed by atoms with Crippen molar-refractivity contribution >= 4 is 34.0 Å². The quantitative estimate of drug-likeness (QED) is 0.903. The summed E-state index contributed by atoms with van der Waals surface area (Å²) in [6.07, 6.45) is -0.257. The van der Waals surface area contributed by atoms with Crippen molar-refractivity contribution in [1.82, 2.24) is 4.31 Å². The van der Waals surface area contributed by atoms with Gasteiger partial charge in [-0.05, 0) is 24.6 Å². The van der Waals surface area contributed by atoms with Crippen LogP contribution in [-0.2, 0) is 14.8 Å². The van der Waals surface area contributed by atoms with Crippen molar-refractivity contribution in [3.05, 3.63) is 28.8 Å². The second kappa shape index (κ2) is 7.06. The second-order valence-electron chi connectivity index (χ2n) is 4.53. The summed E-state index contributed by atoms with van der Waals surface area (Å²) in [7, 11) is -3.59. The SMILES string of the molecule is Cc1ccc(S(=O)(=O)N2CCOC(CN)C2)c(Cl)c1.Cl. The first-order valence-electron chi connectivity index (χ1n) is 6.03. The zero-order valence-corrected chi connectivity index (χ0v) is 13.5. The van der Waals surface area contributed by atoms with Crippen LogP contribution in [-0.4, -0.2) is 45.1 Å². The van der Waals surface area contributed by atoms with Crippen molar-refractivity contribution in [2.45, 2.75) is 17.9 Å². The van der Waals surface area contributed by atoms with E-state index < -0.39 is 10.0 Å².